The molecule has 1 spiro atoms. The minimum Gasteiger partial charge on any atom is -0.461 e. The summed E-state index contributed by atoms with van der Waals surface area (Å²) >= 11 is 3.65. The Labute approximate surface area is 210 Å². The molecule has 3 saturated heterocycles. The van der Waals surface area contributed by atoms with Crippen LogP contribution in [-0.4, -0.2) is 87.6 Å². The average Bonchev–Trinajstić information content (AvgIpc) is 3.38. The predicted octanol–water partition coefficient (Wildman–Crippen LogP) is 2.44. The number of aliphatic hydroxyl groups excluding tert-OH is 1. The molecular formula is C25H37BrN2O6. The van der Waals surface area contributed by atoms with Crippen LogP contribution < -0.4 is 0 Å². The molecule has 1 N–H and O–H groups in total. The first-order chi connectivity index (χ1) is 16.2. The van der Waals surface area contributed by atoms with Crippen molar-refractivity contribution in [1.82, 2.24) is 9.80 Å². The first-order valence-corrected chi connectivity index (χ1v) is 13.1. The number of rotatable bonds is 13. The van der Waals surface area contributed by atoms with Gasteiger partial charge < -0.3 is 24.4 Å². The van der Waals surface area contributed by atoms with Crippen LogP contribution in [0.3, 0.4) is 0 Å². The molecule has 3 unspecified atom stereocenters. The van der Waals surface area contributed by atoms with Gasteiger partial charge in [-0.15, -0.1) is 6.58 Å². The van der Waals surface area contributed by atoms with E-state index in [1.165, 1.54) is 6.08 Å². The summed E-state index contributed by atoms with van der Waals surface area (Å²) in [6.45, 7) is 12.2. The maximum atomic E-state index is 14.0. The molecule has 6 atom stereocenters. The third-order valence-corrected chi connectivity index (χ3v) is 8.02. The zero-order chi connectivity index (χ0) is 25.0. The number of likely N-dealkylation sites (tertiary alicyclic amines) is 1. The lowest BCUT2D eigenvalue weighted by atomic mass is 9.70. The van der Waals surface area contributed by atoms with Crippen LogP contribution in [0, 0.1) is 11.8 Å². The van der Waals surface area contributed by atoms with Gasteiger partial charge in [0.1, 0.15) is 18.2 Å². The molecule has 3 rings (SSSR count). The first-order valence-electron chi connectivity index (χ1n) is 12.2. The van der Waals surface area contributed by atoms with Gasteiger partial charge in [0, 0.05) is 30.6 Å². The summed E-state index contributed by atoms with van der Waals surface area (Å²) in [5, 5.41) is 9.05. The summed E-state index contributed by atoms with van der Waals surface area (Å²) in [7, 11) is 0. The molecule has 2 amide bonds. The molecular weight excluding hydrogens is 504 g/mol. The number of hydrogen-bond donors (Lipinski definition) is 1. The summed E-state index contributed by atoms with van der Waals surface area (Å²) in [6, 6.07) is -0.901. The molecule has 34 heavy (non-hydrogen) atoms. The van der Waals surface area contributed by atoms with Crippen LogP contribution in [0.2, 0.25) is 0 Å². The smallest absolute Gasteiger partial charge is 0.312 e. The van der Waals surface area contributed by atoms with Gasteiger partial charge in [0.15, 0.2) is 0 Å². The number of unbranched alkanes of at least 4 members (excludes halogenated alkanes) is 3. The van der Waals surface area contributed by atoms with Crippen molar-refractivity contribution in [3.63, 3.8) is 0 Å². The molecule has 2 bridgehead atoms. The third-order valence-electron chi connectivity index (χ3n) is 7.18. The zero-order valence-corrected chi connectivity index (χ0v) is 21.7. The van der Waals surface area contributed by atoms with Gasteiger partial charge in [-0.2, -0.15) is 0 Å². The third kappa shape index (κ3) is 4.71. The maximum Gasteiger partial charge on any atom is 0.312 e. The van der Waals surface area contributed by atoms with Gasteiger partial charge in [-0.25, -0.2) is 0 Å². The van der Waals surface area contributed by atoms with Crippen LogP contribution in [0.1, 0.15) is 46.0 Å². The molecule has 8 nitrogen and oxygen atoms in total. The van der Waals surface area contributed by atoms with E-state index in [-0.39, 0.29) is 35.9 Å². The van der Waals surface area contributed by atoms with E-state index in [0.717, 1.165) is 12.8 Å². The number of halogens is 1. The van der Waals surface area contributed by atoms with Gasteiger partial charge in [-0.05, 0) is 33.1 Å². The maximum absolute atomic E-state index is 14.0. The summed E-state index contributed by atoms with van der Waals surface area (Å²) in [5.74, 6) is -2.41. The topological polar surface area (TPSA) is 96.4 Å². The van der Waals surface area contributed by atoms with Gasteiger partial charge in [0.25, 0.3) is 0 Å². The number of carbonyl (C=O) groups excluding carboxylic acids is 3. The molecule has 0 saturated carbocycles. The van der Waals surface area contributed by atoms with Gasteiger partial charge in [0.05, 0.1) is 17.9 Å². The Bertz CT molecular complexity index is 804. The normalized spacial score (nSPS) is 31.6. The Morgan fingerprint density at radius 3 is 2.62 bits per heavy atom. The van der Waals surface area contributed by atoms with E-state index in [2.05, 4.69) is 29.1 Å². The summed E-state index contributed by atoms with van der Waals surface area (Å²) in [4.78, 5) is 44.0. The Kier molecular flexibility index (Phi) is 8.98. The molecule has 9 heteroatoms. The van der Waals surface area contributed by atoms with E-state index in [1.54, 1.807) is 15.9 Å². The molecule has 3 heterocycles. The molecule has 0 aliphatic carbocycles. The first kappa shape index (κ1) is 26.9. The second-order valence-corrected chi connectivity index (χ2v) is 10.8. The summed E-state index contributed by atoms with van der Waals surface area (Å²) in [6.07, 6.45) is 6.20. The van der Waals surface area contributed by atoms with Crippen LogP contribution in [0.15, 0.2) is 25.3 Å². The van der Waals surface area contributed by atoms with Crippen molar-refractivity contribution in [2.45, 2.75) is 74.6 Å². The summed E-state index contributed by atoms with van der Waals surface area (Å²) < 4.78 is 11.8. The highest BCUT2D eigenvalue weighted by atomic mass is 79.9. The van der Waals surface area contributed by atoms with Crippen LogP contribution in [-0.2, 0) is 23.9 Å². The van der Waals surface area contributed by atoms with Crippen molar-refractivity contribution < 1.29 is 29.0 Å². The highest BCUT2D eigenvalue weighted by molar-refractivity contribution is 9.09. The van der Waals surface area contributed by atoms with Gasteiger partial charge in [0.2, 0.25) is 11.8 Å². The largest absolute Gasteiger partial charge is 0.461 e. The second-order valence-electron chi connectivity index (χ2n) is 9.62. The monoisotopic (exact) mass is 540 g/mol. The van der Waals surface area contributed by atoms with Crippen molar-refractivity contribution >= 4 is 33.7 Å². The Balaban J connectivity index is 1.97. The highest BCUT2D eigenvalue weighted by Gasteiger charge is 2.77. The number of fused-ring (bicyclic) bond motifs is 1. The number of amides is 2. The molecule has 0 aromatic carbocycles. The van der Waals surface area contributed by atoms with Crippen molar-refractivity contribution in [1.29, 1.82) is 0 Å². The van der Waals surface area contributed by atoms with Gasteiger partial charge in [-0.1, -0.05) is 47.5 Å². The van der Waals surface area contributed by atoms with E-state index in [4.69, 9.17) is 14.6 Å². The number of ether oxygens (including phenoxy) is 2. The molecule has 0 radical (unpaired) electrons. The minimum absolute atomic E-state index is 0.0559. The van der Waals surface area contributed by atoms with Gasteiger partial charge >= 0.3 is 5.97 Å². The average molecular weight is 541 g/mol. The number of nitrogens with zero attached hydrogens (tertiary/aromatic N) is 2. The van der Waals surface area contributed by atoms with Crippen molar-refractivity contribution in [3.8, 4) is 0 Å². The number of hydrogen-bond acceptors (Lipinski definition) is 6. The zero-order valence-electron chi connectivity index (χ0n) is 20.2. The molecule has 3 aliphatic heterocycles. The fraction of sp³-hybridized carbons (Fsp3) is 0.720. The van der Waals surface area contributed by atoms with E-state index in [1.807, 2.05) is 13.8 Å². The quantitative estimate of drug-likeness (QED) is 0.167. The fourth-order valence-corrected chi connectivity index (χ4v) is 6.70. The Morgan fingerprint density at radius 2 is 2.00 bits per heavy atom. The van der Waals surface area contributed by atoms with E-state index >= 15 is 0 Å². The number of esters is 1. The van der Waals surface area contributed by atoms with Crippen LogP contribution in [0.25, 0.3) is 0 Å². The lowest BCUT2D eigenvalue weighted by Gasteiger charge is -2.38. The molecule has 0 aromatic rings. The predicted molar refractivity (Wildman–Crippen MR) is 131 cm³/mol. The van der Waals surface area contributed by atoms with Crippen LogP contribution in [0.4, 0.5) is 0 Å². The van der Waals surface area contributed by atoms with Crippen molar-refractivity contribution in [2.24, 2.45) is 11.8 Å². The minimum atomic E-state index is -1.08. The molecule has 190 valence electrons. The summed E-state index contributed by atoms with van der Waals surface area (Å²) in [5.41, 5.74) is -1.08. The molecule has 3 aliphatic rings. The number of aliphatic hydroxyl groups is 1. The van der Waals surface area contributed by atoms with Crippen LogP contribution in [0.5, 0.6) is 0 Å². The lowest BCUT2D eigenvalue weighted by molar-refractivity contribution is -0.154. The fourth-order valence-electron chi connectivity index (χ4n) is 5.75. The Morgan fingerprint density at radius 1 is 1.29 bits per heavy atom. The van der Waals surface area contributed by atoms with Crippen molar-refractivity contribution in [2.75, 3.05) is 26.3 Å². The molecule has 3 fully saturated rings. The standard InChI is InChI=1S/C25H37BrN2O6/c1-5-11-27(16(3)4)23(31)21-25-15-17(26)20(34-25)18(24(32)33-14-6-2)19(25)22(30)28(21)12-9-7-8-10-13-29/h5-6,16-21,29H,1-2,7-15H2,3-4H3/t17?,18-,19+,20-,21?,25?/m1/s1. The van der Waals surface area contributed by atoms with E-state index in [9.17, 15) is 14.4 Å². The highest BCUT2D eigenvalue weighted by Crippen LogP contribution is 2.60. The number of carbonyl (C=O) groups is 3. The van der Waals surface area contributed by atoms with E-state index in [0.29, 0.717) is 32.4 Å². The Hall–Kier alpha value is -1.71. The lowest BCUT2D eigenvalue weighted by Crippen LogP contribution is -2.58. The van der Waals surface area contributed by atoms with Crippen LogP contribution >= 0.6 is 15.9 Å². The SMILES string of the molecule is C=CCOC(=O)[C@H]1[C@@H]2OC3(CC2Br)C(C(=O)N(CC=C)C(C)C)N(CCCCCCO)C(=O)[C@H]13. The van der Waals surface area contributed by atoms with Crippen molar-refractivity contribution in [3.05, 3.63) is 25.3 Å². The van der Waals surface area contributed by atoms with Gasteiger partial charge in [-0.3, -0.25) is 14.4 Å². The second kappa shape index (κ2) is 11.4. The molecule has 0 aromatic heterocycles. The number of alkyl halides is 1. The van der Waals surface area contributed by atoms with E-state index < -0.39 is 35.6 Å².